The molecule has 1 N–H and O–H groups in total. The van der Waals surface area contributed by atoms with Crippen LogP contribution in [0.2, 0.25) is 0 Å². The monoisotopic (exact) mass is 265 g/mol. The highest BCUT2D eigenvalue weighted by Gasteiger charge is 2.10. The molecule has 3 rings (SSSR count). The maximum absolute atomic E-state index is 10.1. The molecule has 0 bridgehead atoms. The minimum atomic E-state index is 0.174. The number of phenolic OH excluding ortho intramolecular Hbond substituents is 1. The molecule has 0 unspecified atom stereocenters. The van der Waals surface area contributed by atoms with E-state index in [1.807, 2.05) is 38.4 Å². The van der Waals surface area contributed by atoms with E-state index < -0.39 is 0 Å². The summed E-state index contributed by atoms with van der Waals surface area (Å²) in [4.78, 5) is 10.2. The van der Waals surface area contributed by atoms with Crippen LogP contribution in [0.1, 0.15) is 0 Å². The summed E-state index contributed by atoms with van der Waals surface area (Å²) in [6.07, 6.45) is 3.15. The Morgan fingerprint density at radius 3 is 2.70 bits per heavy atom. The van der Waals surface area contributed by atoms with Gasteiger partial charge in [0.15, 0.2) is 0 Å². The van der Waals surface area contributed by atoms with E-state index in [2.05, 4.69) is 20.9 Å². The van der Waals surface area contributed by atoms with Crippen molar-refractivity contribution in [1.29, 1.82) is 0 Å². The fourth-order valence-electron chi connectivity index (χ4n) is 2.35. The summed E-state index contributed by atoms with van der Waals surface area (Å²) >= 11 is 0. The largest absolute Gasteiger partial charge is 0.506 e. The van der Waals surface area contributed by atoms with Crippen LogP contribution in [0.3, 0.4) is 0 Å². The van der Waals surface area contributed by atoms with Crippen molar-refractivity contribution in [2.75, 3.05) is 19.0 Å². The second-order valence-corrected chi connectivity index (χ2v) is 4.87. The molecule has 0 aliphatic rings. The second-order valence-electron chi connectivity index (χ2n) is 4.87. The fraction of sp³-hybridized carbons (Fsp3) is 0.125. The first-order valence-corrected chi connectivity index (χ1v) is 6.36. The van der Waals surface area contributed by atoms with E-state index in [4.69, 9.17) is 0 Å². The van der Waals surface area contributed by atoms with Crippen LogP contribution in [-0.2, 0) is 0 Å². The Bertz CT molecular complexity index is 769. The molecule has 1 heterocycles. The number of nitrogens with zero attached hydrogens (tertiary/aromatic N) is 3. The maximum Gasteiger partial charge on any atom is 0.142 e. The molecule has 0 atom stereocenters. The molecule has 0 fully saturated rings. The topological polar surface area (TPSA) is 49.2 Å². The van der Waals surface area contributed by atoms with Crippen LogP contribution in [0.5, 0.6) is 5.75 Å². The number of hydrogen-bond acceptors (Lipinski definition) is 4. The molecule has 3 aromatic rings. The number of hydrogen-bond donors (Lipinski definition) is 1. The molecule has 4 heteroatoms. The van der Waals surface area contributed by atoms with Crippen LogP contribution in [0.4, 0.5) is 5.69 Å². The van der Waals surface area contributed by atoms with E-state index in [0.29, 0.717) is 5.52 Å². The van der Waals surface area contributed by atoms with Crippen LogP contribution < -0.4 is 4.90 Å². The minimum absolute atomic E-state index is 0.174. The second kappa shape index (κ2) is 4.81. The summed E-state index contributed by atoms with van der Waals surface area (Å²) in [6.45, 7) is 0. The van der Waals surface area contributed by atoms with E-state index in [9.17, 15) is 5.11 Å². The zero-order chi connectivity index (χ0) is 14.1. The SMILES string of the molecule is CN(C)c1ccccc1-c1cc(O)c2ncncc2c1. The molecule has 0 aliphatic heterocycles. The van der Waals surface area contributed by atoms with Crippen molar-refractivity contribution >= 4 is 16.6 Å². The van der Waals surface area contributed by atoms with Gasteiger partial charge in [0.25, 0.3) is 0 Å². The Balaban J connectivity index is 2.25. The summed E-state index contributed by atoms with van der Waals surface area (Å²) in [5.74, 6) is 0.174. The Morgan fingerprint density at radius 2 is 1.90 bits per heavy atom. The van der Waals surface area contributed by atoms with Gasteiger partial charge in [0.2, 0.25) is 0 Å². The summed E-state index contributed by atoms with van der Waals surface area (Å²) in [7, 11) is 4.01. The minimum Gasteiger partial charge on any atom is -0.506 e. The molecule has 2 aromatic carbocycles. The lowest BCUT2D eigenvalue weighted by atomic mass is 10.0. The first-order valence-electron chi connectivity index (χ1n) is 6.36. The average molecular weight is 265 g/mol. The molecule has 4 nitrogen and oxygen atoms in total. The first-order chi connectivity index (χ1) is 9.66. The zero-order valence-electron chi connectivity index (χ0n) is 11.4. The summed E-state index contributed by atoms with van der Waals surface area (Å²) in [5.41, 5.74) is 3.70. The van der Waals surface area contributed by atoms with Gasteiger partial charge in [0, 0.05) is 36.9 Å². The van der Waals surface area contributed by atoms with Gasteiger partial charge < -0.3 is 10.0 Å². The van der Waals surface area contributed by atoms with E-state index in [1.54, 1.807) is 12.3 Å². The van der Waals surface area contributed by atoms with Crippen molar-refractivity contribution in [2.24, 2.45) is 0 Å². The predicted octanol–water partition coefficient (Wildman–Crippen LogP) is 3.07. The summed E-state index contributed by atoms with van der Waals surface area (Å²) in [6, 6.07) is 11.8. The molecule has 20 heavy (non-hydrogen) atoms. The fourth-order valence-corrected chi connectivity index (χ4v) is 2.35. The van der Waals surface area contributed by atoms with Gasteiger partial charge in [-0.2, -0.15) is 0 Å². The van der Waals surface area contributed by atoms with Crippen LogP contribution in [0.25, 0.3) is 22.0 Å². The van der Waals surface area contributed by atoms with Gasteiger partial charge in [-0.3, -0.25) is 0 Å². The maximum atomic E-state index is 10.1. The number of aromatic hydroxyl groups is 1. The molecule has 0 amide bonds. The van der Waals surface area contributed by atoms with Crippen molar-refractivity contribution in [1.82, 2.24) is 9.97 Å². The number of para-hydroxylation sites is 1. The standard InChI is InChI=1S/C16H15N3O/c1-19(2)14-6-4-3-5-13(14)11-7-12-9-17-10-18-16(12)15(20)8-11/h3-10,20H,1-2H3. The van der Waals surface area contributed by atoms with Crippen LogP contribution in [0, 0.1) is 0 Å². The molecule has 1 aromatic heterocycles. The van der Waals surface area contributed by atoms with Crippen molar-refractivity contribution in [3.63, 3.8) is 0 Å². The molecule has 0 saturated heterocycles. The molecule has 0 spiro atoms. The van der Waals surface area contributed by atoms with Gasteiger partial charge in [-0.25, -0.2) is 9.97 Å². The van der Waals surface area contributed by atoms with Crippen molar-refractivity contribution < 1.29 is 5.11 Å². The zero-order valence-corrected chi connectivity index (χ0v) is 11.4. The van der Waals surface area contributed by atoms with Crippen LogP contribution in [-0.4, -0.2) is 29.2 Å². The lowest BCUT2D eigenvalue weighted by Gasteiger charge is -2.17. The van der Waals surface area contributed by atoms with E-state index in [1.165, 1.54) is 6.33 Å². The van der Waals surface area contributed by atoms with Gasteiger partial charge in [0.1, 0.15) is 17.6 Å². The number of rotatable bonds is 2. The Kier molecular flexibility index (Phi) is 2.99. The Morgan fingerprint density at radius 1 is 1.10 bits per heavy atom. The highest BCUT2D eigenvalue weighted by molar-refractivity contribution is 5.91. The van der Waals surface area contributed by atoms with Gasteiger partial charge in [0.05, 0.1) is 0 Å². The lowest BCUT2D eigenvalue weighted by Crippen LogP contribution is -2.09. The third-order valence-corrected chi connectivity index (χ3v) is 3.28. The van der Waals surface area contributed by atoms with E-state index in [0.717, 1.165) is 22.2 Å². The molecule has 0 radical (unpaired) electrons. The Labute approximate surface area is 117 Å². The summed E-state index contributed by atoms with van der Waals surface area (Å²) in [5, 5.41) is 11.0. The number of phenols is 1. The quantitative estimate of drug-likeness (QED) is 0.773. The third-order valence-electron chi connectivity index (χ3n) is 3.28. The lowest BCUT2D eigenvalue weighted by molar-refractivity contribution is 0.480. The van der Waals surface area contributed by atoms with E-state index in [-0.39, 0.29) is 5.75 Å². The van der Waals surface area contributed by atoms with Gasteiger partial charge >= 0.3 is 0 Å². The third kappa shape index (κ3) is 2.05. The van der Waals surface area contributed by atoms with Gasteiger partial charge in [-0.15, -0.1) is 0 Å². The van der Waals surface area contributed by atoms with Crippen molar-refractivity contribution in [3.8, 4) is 16.9 Å². The molecule has 0 saturated carbocycles. The van der Waals surface area contributed by atoms with Gasteiger partial charge in [-0.05, 0) is 23.8 Å². The normalized spacial score (nSPS) is 10.7. The van der Waals surface area contributed by atoms with Crippen LogP contribution >= 0.6 is 0 Å². The highest BCUT2D eigenvalue weighted by Crippen LogP contribution is 2.34. The first kappa shape index (κ1) is 12.4. The average Bonchev–Trinajstić information content (AvgIpc) is 2.47. The summed E-state index contributed by atoms with van der Waals surface area (Å²) < 4.78 is 0. The Hall–Kier alpha value is -2.62. The molecule has 100 valence electrons. The van der Waals surface area contributed by atoms with Crippen molar-refractivity contribution in [2.45, 2.75) is 0 Å². The number of anilines is 1. The van der Waals surface area contributed by atoms with E-state index >= 15 is 0 Å². The smallest absolute Gasteiger partial charge is 0.142 e. The highest BCUT2D eigenvalue weighted by atomic mass is 16.3. The molecule has 0 aliphatic carbocycles. The van der Waals surface area contributed by atoms with Crippen molar-refractivity contribution in [3.05, 3.63) is 48.9 Å². The number of benzene rings is 2. The number of fused-ring (bicyclic) bond motifs is 1. The van der Waals surface area contributed by atoms with Gasteiger partial charge in [-0.1, -0.05) is 18.2 Å². The van der Waals surface area contributed by atoms with Crippen LogP contribution in [0.15, 0.2) is 48.9 Å². The number of aromatic nitrogens is 2. The molecular formula is C16H15N3O. The predicted molar refractivity (Wildman–Crippen MR) is 81.0 cm³/mol. The molecular weight excluding hydrogens is 250 g/mol.